The highest BCUT2D eigenvalue weighted by Crippen LogP contribution is 2.49. The second-order valence-electron chi connectivity index (χ2n) is 4.99. The fourth-order valence-corrected chi connectivity index (χ4v) is 3.68. The quantitative estimate of drug-likeness (QED) is 0.495. The van der Waals surface area contributed by atoms with E-state index >= 15 is 0 Å². The first-order valence-corrected chi connectivity index (χ1v) is 9.02. The van der Waals surface area contributed by atoms with E-state index in [1.54, 1.807) is 0 Å². The van der Waals surface area contributed by atoms with Crippen molar-refractivity contribution in [1.29, 1.82) is 0 Å². The summed E-state index contributed by atoms with van der Waals surface area (Å²) in [6, 6.07) is 0. The van der Waals surface area contributed by atoms with Crippen LogP contribution >= 0.6 is 0 Å². The Kier molecular flexibility index (Phi) is 5.00. The molecule has 3 heteroatoms. The highest BCUT2D eigenvalue weighted by atomic mass is 28.3. The molecule has 1 aliphatic rings. The summed E-state index contributed by atoms with van der Waals surface area (Å²) in [6.45, 7) is 6.70. The molecule has 88 valence electrons. The van der Waals surface area contributed by atoms with Gasteiger partial charge in [0, 0.05) is 6.42 Å². The molecule has 1 atom stereocenters. The zero-order chi connectivity index (χ0) is 11.3. The summed E-state index contributed by atoms with van der Waals surface area (Å²) in [4.78, 5) is 10.5. The van der Waals surface area contributed by atoms with Gasteiger partial charge in [-0.15, -0.1) is 0 Å². The molecule has 1 unspecified atom stereocenters. The van der Waals surface area contributed by atoms with Crippen LogP contribution in [0.2, 0.25) is 13.1 Å². The van der Waals surface area contributed by atoms with E-state index in [1.165, 1.54) is 25.7 Å². The Hall–Kier alpha value is -0.153. The Labute approximate surface area is 95.1 Å². The van der Waals surface area contributed by atoms with Crippen molar-refractivity contribution in [3.63, 3.8) is 0 Å². The Morgan fingerprint density at radius 1 is 1.47 bits per heavy atom. The Bertz CT molecular complexity index is 194. The molecule has 0 aliphatic heterocycles. The molecule has 0 aromatic heterocycles. The van der Waals surface area contributed by atoms with Crippen LogP contribution in [-0.4, -0.2) is 21.4 Å². The van der Waals surface area contributed by atoms with Crippen LogP contribution in [0.5, 0.6) is 0 Å². The molecule has 0 radical (unpaired) electrons. The molecule has 0 heterocycles. The van der Waals surface area contributed by atoms with E-state index in [-0.39, 0.29) is 0 Å². The van der Waals surface area contributed by atoms with Gasteiger partial charge in [0.1, 0.15) is 6.29 Å². The van der Waals surface area contributed by atoms with Crippen molar-refractivity contribution in [3.8, 4) is 0 Å². The number of hydrogen-bond donors (Lipinski definition) is 0. The summed E-state index contributed by atoms with van der Waals surface area (Å²) in [5, 5.41) is 0. The lowest BCUT2D eigenvalue weighted by atomic mass is 9.62. The predicted octanol–water partition coefficient (Wildman–Crippen LogP) is 2.91. The number of rotatable bonds is 7. The summed E-state index contributed by atoms with van der Waals surface area (Å²) in [7, 11) is -0.981. The van der Waals surface area contributed by atoms with Gasteiger partial charge in [-0.3, -0.25) is 0 Å². The summed E-state index contributed by atoms with van der Waals surface area (Å²) in [6.07, 6.45) is 8.12. The van der Waals surface area contributed by atoms with E-state index in [1.807, 2.05) is 0 Å². The standard InChI is InChI=1S/C12H24O2Si/c1-4-12(8-6-9-12)11(7-5-10-13)14-15(2)3/h10-11,15H,4-9H2,1-3H3. The third-order valence-electron chi connectivity index (χ3n) is 3.72. The minimum atomic E-state index is -0.981. The van der Waals surface area contributed by atoms with Crippen LogP contribution in [0.25, 0.3) is 0 Å². The van der Waals surface area contributed by atoms with Gasteiger partial charge in [-0.2, -0.15) is 0 Å². The van der Waals surface area contributed by atoms with Crippen molar-refractivity contribution < 1.29 is 9.22 Å². The number of carbonyl (C=O) groups is 1. The van der Waals surface area contributed by atoms with Crippen LogP contribution in [-0.2, 0) is 9.22 Å². The van der Waals surface area contributed by atoms with Gasteiger partial charge in [0.15, 0.2) is 9.04 Å². The number of hydrogen-bond acceptors (Lipinski definition) is 2. The molecule has 0 amide bonds. The van der Waals surface area contributed by atoms with Crippen molar-refractivity contribution in [1.82, 2.24) is 0 Å². The fraction of sp³-hybridized carbons (Fsp3) is 0.917. The molecule has 15 heavy (non-hydrogen) atoms. The Morgan fingerprint density at radius 3 is 2.47 bits per heavy atom. The smallest absolute Gasteiger partial charge is 0.171 e. The normalized spacial score (nSPS) is 21.1. The van der Waals surface area contributed by atoms with Gasteiger partial charge in [-0.05, 0) is 44.2 Å². The Balaban J connectivity index is 2.56. The maximum Gasteiger partial charge on any atom is 0.171 e. The van der Waals surface area contributed by atoms with Crippen molar-refractivity contribution >= 4 is 15.3 Å². The molecule has 1 rings (SSSR count). The van der Waals surface area contributed by atoms with Gasteiger partial charge in [0.2, 0.25) is 0 Å². The largest absolute Gasteiger partial charge is 0.417 e. The molecule has 0 spiro atoms. The molecule has 1 fully saturated rings. The fourth-order valence-electron chi connectivity index (χ4n) is 2.60. The highest BCUT2D eigenvalue weighted by molar-refractivity contribution is 6.48. The van der Waals surface area contributed by atoms with Gasteiger partial charge in [-0.1, -0.05) is 13.3 Å². The monoisotopic (exact) mass is 228 g/mol. The first-order valence-electron chi connectivity index (χ1n) is 6.23. The van der Waals surface area contributed by atoms with E-state index in [9.17, 15) is 4.79 Å². The van der Waals surface area contributed by atoms with E-state index in [0.717, 1.165) is 12.7 Å². The van der Waals surface area contributed by atoms with Crippen molar-refractivity contribution in [2.75, 3.05) is 0 Å². The lowest BCUT2D eigenvalue weighted by Crippen LogP contribution is -2.44. The van der Waals surface area contributed by atoms with Crippen LogP contribution in [0, 0.1) is 5.41 Å². The van der Waals surface area contributed by atoms with Crippen LogP contribution in [0.3, 0.4) is 0 Å². The van der Waals surface area contributed by atoms with Gasteiger partial charge in [-0.25, -0.2) is 0 Å². The molecule has 1 saturated carbocycles. The first kappa shape index (κ1) is 12.9. The molecule has 0 aromatic rings. The van der Waals surface area contributed by atoms with Crippen LogP contribution < -0.4 is 0 Å². The molecule has 0 aromatic carbocycles. The van der Waals surface area contributed by atoms with Crippen LogP contribution in [0.15, 0.2) is 0 Å². The predicted molar refractivity (Wildman–Crippen MR) is 65.6 cm³/mol. The topological polar surface area (TPSA) is 26.3 Å². The van der Waals surface area contributed by atoms with E-state index in [0.29, 0.717) is 17.9 Å². The zero-order valence-corrected chi connectivity index (χ0v) is 11.4. The highest BCUT2D eigenvalue weighted by Gasteiger charge is 2.42. The average molecular weight is 228 g/mol. The SMILES string of the molecule is CCC1(C(CCC=O)O[SiH](C)C)CCC1. The van der Waals surface area contributed by atoms with Crippen molar-refractivity contribution in [2.24, 2.45) is 5.41 Å². The lowest BCUT2D eigenvalue weighted by Gasteiger charge is -2.48. The van der Waals surface area contributed by atoms with Crippen LogP contribution in [0.1, 0.15) is 45.4 Å². The summed E-state index contributed by atoms with van der Waals surface area (Å²) in [5.41, 5.74) is 0.417. The molecule has 0 bridgehead atoms. The van der Waals surface area contributed by atoms with E-state index < -0.39 is 9.04 Å². The number of carbonyl (C=O) groups excluding carboxylic acids is 1. The minimum Gasteiger partial charge on any atom is -0.417 e. The second kappa shape index (κ2) is 5.80. The van der Waals surface area contributed by atoms with Gasteiger partial charge >= 0.3 is 0 Å². The maximum atomic E-state index is 10.5. The average Bonchev–Trinajstić information content (AvgIpc) is 2.12. The summed E-state index contributed by atoms with van der Waals surface area (Å²) < 4.78 is 6.13. The maximum absolute atomic E-state index is 10.5. The third kappa shape index (κ3) is 3.15. The lowest BCUT2D eigenvalue weighted by molar-refractivity contribution is -0.109. The first-order chi connectivity index (χ1) is 7.14. The zero-order valence-electron chi connectivity index (χ0n) is 10.3. The molecular formula is C12H24O2Si. The van der Waals surface area contributed by atoms with E-state index in [4.69, 9.17) is 4.43 Å². The molecule has 1 aliphatic carbocycles. The van der Waals surface area contributed by atoms with Crippen molar-refractivity contribution in [3.05, 3.63) is 0 Å². The van der Waals surface area contributed by atoms with Gasteiger partial charge in [0.05, 0.1) is 6.10 Å². The second-order valence-corrected chi connectivity index (χ2v) is 7.36. The van der Waals surface area contributed by atoms with Crippen molar-refractivity contribution in [2.45, 2.75) is 64.6 Å². The van der Waals surface area contributed by atoms with Gasteiger partial charge in [0.25, 0.3) is 0 Å². The molecular weight excluding hydrogens is 204 g/mol. The van der Waals surface area contributed by atoms with E-state index in [2.05, 4.69) is 20.0 Å². The summed E-state index contributed by atoms with van der Waals surface area (Å²) >= 11 is 0. The minimum absolute atomic E-state index is 0.355. The third-order valence-corrected chi connectivity index (χ3v) is 4.59. The molecule has 0 saturated heterocycles. The molecule has 0 N–H and O–H groups in total. The summed E-state index contributed by atoms with van der Waals surface area (Å²) in [5.74, 6) is 0. The van der Waals surface area contributed by atoms with Gasteiger partial charge < -0.3 is 9.22 Å². The number of aldehydes is 1. The molecule has 2 nitrogen and oxygen atoms in total. The van der Waals surface area contributed by atoms with Crippen LogP contribution in [0.4, 0.5) is 0 Å². The Morgan fingerprint density at radius 2 is 2.13 bits per heavy atom.